The van der Waals surface area contributed by atoms with Crippen LogP contribution in [0.25, 0.3) is 5.69 Å². The quantitative estimate of drug-likeness (QED) is 0.871. The highest BCUT2D eigenvalue weighted by Gasteiger charge is 2.30. The predicted molar refractivity (Wildman–Crippen MR) is 80.3 cm³/mol. The van der Waals surface area contributed by atoms with E-state index in [-0.39, 0.29) is 11.3 Å². The highest BCUT2D eigenvalue weighted by Crippen LogP contribution is 2.37. The van der Waals surface area contributed by atoms with E-state index in [9.17, 15) is 4.79 Å². The molecule has 1 aromatic heterocycles. The summed E-state index contributed by atoms with van der Waals surface area (Å²) < 4.78 is 7.29. The zero-order valence-electron chi connectivity index (χ0n) is 11.4. The Bertz CT molecular complexity index is 638. The van der Waals surface area contributed by atoms with E-state index in [0.29, 0.717) is 5.75 Å². The molecule has 0 unspecified atom stereocenters. The first kappa shape index (κ1) is 13.1. The molecule has 1 amide bonds. The van der Waals surface area contributed by atoms with Crippen molar-refractivity contribution in [3.8, 4) is 11.4 Å². The second-order valence-corrected chi connectivity index (χ2v) is 5.79. The molecule has 1 atom stereocenters. The van der Waals surface area contributed by atoms with E-state index in [4.69, 9.17) is 4.74 Å². The molecule has 1 aliphatic rings. The van der Waals surface area contributed by atoms with Crippen molar-refractivity contribution in [2.24, 2.45) is 0 Å². The fourth-order valence-electron chi connectivity index (χ4n) is 2.31. The number of aromatic nitrogens is 1. The normalized spacial score (nSPS) is 18.6. The lowest BCUT2D eigenvalue weighted by molar-refractivity contribution is -0.126. The zero-order chi connectivity index (χ0) is 14.1. The third-order valence-corrected chi connectivity index (χ3v) is 4.78. The molecule has 0 aliphatic carbocycles. The van der Waals surface area contributed by atoms with Crippen molar-refractivity contribution in [2.45, 2.75) is 5.37 Å². The average Bonchev–Trinajstić information content (AvgIpc) is 3.07. The maximum Gasteiger partial charge on any atom is 0.233 e. The van der Waals surface area contributed by atoms with Crippen molar-refractivity contribution in [2.75, 3.05) is 19.9 Å². The SMILES string of the molecule is COc1cccc(-n2ccc([C@H]3SCC(=O)N3C)c2)c1. The van der Waals surface area contributed by atoms with E-state index >= 15 is 0 Å². The highest BCUT2D eigenvalue weighted by atomic mass is 32.2. The number of methoxy groups -OCH3 is 1. The van der Waals surface area contributed by atoms with Gasteiger partial charge in [0.15, 0.2) is 0 Å². The van der Waals surface area contributed by atoms with Gasteiger partial charge in [0, 0.05) is 36.8 Å². The second kappa shape index (κ2) is 5.25. The van der Waals surface area contributed by atoms with Crippen molar-refractivity contribution in [3.63, 3.8) is 0 Å². The summed E-state index contributed by atoms with van der Waals surface area (Å²) in [6.07, 6.45) is 4.09. The molecule has 0 spiro atoms. The Morgan fingerprint density at radius 1 is 1.35 bits per heavy atom. The molecule has 0 radical (unpaired) electrons. The number of amides is 1. The van der Waals surface area contributed by atoms with Crippen LogP contribution in [0.3, 0.4) is 0 Å². The summed E-state index contributed by atoms with van der Waals surface area (Å²) in [5.74, 6) is 1.58. The van der Waals surface area contributed by atoms with Crippen molar-refractivity contribution in [3.05, 3.63) is 48.3 Å². The minimum Gasteiger partial charge on any atom is -0.497 e. The summed E-state index contributed by atoms with van der Waals surface area (Å²) in [6.45, 7) is 0. The molecule has 1 fully saturated rings. The Morgan fingerprint density at radius 2 is 2.20 bits per heavy atom. The van der Waals surface area contributed by atoms with E-state index in [0.717, 1.165) is 17.0 Å². The first-order valence-corrected chi connectivity index (χ1v) is 7.43. The Balaban J connectivity index is 1.88. The van der Waals surface area contributed by atoms with Gasteiger partial charge in [0.05, 0.1) is 12.9 Å². The van der Waals surface area contributed by atoms with Crippen LogP contribution < -0.4 is 4.74 Å². The van der Waals surface area contributed by atoms with Gasteiger partial charge in [0.2, 0.25) is 5.91 Å². The summed E-state index contributed by atoms with van der Waals surface area (Å²) in [4.78, 5) is 13.4. The van der Waals surface area contributed by atoms with Gasteiger partial charge in [-0.15, -0.1) is 11.8 Å². The minimum absolute atomic E-state index is 0.120. The largest absolute Gasteiger partial charge is 0.497 e. The number of thioether (sulfide) groups is 1. The zero-order valence-corrected chi connectivity index (χ0v) is 12.3. The summed E-state index contributed by atoms with van der Waals surface area (Å²) in [6, 6.07) is 9.97. The van der Waals surface area contributed by atoms with Crippen LogP contribution in [0.15, 0.2) is 42.7 Å². The van der Waals surface area contributed by atoms with E-state index < -0.39 is 0 Å². The van der Waals surface area contributed by atoms with Crippen LogP contribution in [-0.4, -0.2) is 35.3 Å². The molecular weight excluding hydrogens is 272 g/mol. The number of nitrogens with zero attached hydrogens (tertiary/aromatic N) is 2. The van der Waals surface area contributed by atoms with Gasteiger partial charge in [-0.1, -0.05) is 6.07 Å². The molecule has 1 saturated heterocycles. The Kier molecular flexibility index (Phi) is 3.44. The monoisotopic (exact) mass is 288 g/mol. The molecule has 0 N–H and O–H groups in total. The second-order valence-electron chi connectivity index (χ2n) is 4.72. The average molecular weight is 288 g/mol. The third-order valence-electron chi connectivity index (χ3n) is 3.46. The number of ether oxygens (including phenoxy) is 1. The first-order chi connectivity index (χ1) is 9.69. The van der Waals surface area contributed by atoms with Gasteiger partial charge >= 0.3 is 0 Å². The van der Waals surface area contributed by atoms with Crippen molar-refractivity contribution >= 4 is 17.7 Å². The molecule has 2 aromatic rings. The number of rotatable bonds is 3. The molecule has 5 heteroatoms. The van der Waals surface area contributed by atoms with E-state index in [1.165, 1.54) is 0 Å². The standard InChI is InChI=1S/C15H16N2O2S/c1-16-14(18)10-20-15(16)11-6-7-17(9-11)12-4-3-5-13(8-12)19-2/h3-9,15H,10H2,1-2H3/t15-/m1/s1. The predicted octanol–water partition coefficient (Wildman–Crippen LogP) is 2.69. The molecule has 1 aliphatic heterocycles. The lowest BCUT2D eigenvalue weighted by Crippen LogP contribution is -2.22. The van der Waals surface area contributed by atoms with Crippen LogP contribution in [0.1, 0.15) is 10.9 Å². The van der Waals surface area contributed by atoms with Gasteiger partial charge in [0.1, 0.15) is 11.1 Å². The van der Waals surface area contributed by atoms with E-state index in [2.05, 4.69) is 16.8 Å². The smallest absolute Gasteiger partial charge is 0.233 e. The van der Waals surface area contributed by atoms with Crippen LogP contribution in [0.5, 0.6) is 5.75 Å². The van der Waals surface area contributed by atoms with Crippen LogP contribution in [0.2, 0.25) is 0 Å². The number of carbonyl (C=O) groups excluding carboxylic acids is 1. The summed E-state index contributed by atoms with van der Waals surface area (Å²) in [7, 11) is 3.52. The van der Waals surface area contributed by atoms with Crippen LogP contribution in [0.4, 0.5) is 0 Å². The van der Waals surface area contributed by atoms with Crippen molar-refractivity contribution in [1.82, 2.24) is 9.47 Å². The molecule has 0 bridgehead atoms. The van der Waals surface area contributed by atoms with Gasteiger partial charge in [-0.2, -0.15) is 0 Å². The molecule has 4 nitrogen and oxygen atoms in total. The van der Waals surface area contributed by atoms with E-state index in [1.807, 2.05) is 37.5 Å². The van der Waals surface area contributed by atoms with Crippen LogP contribution in [-0.2, 0) is 4.79 Å². The molecule has 3 rings (SSSR count). The molecular formula is C15H16N2O2S. The highest BCUT2D eigenvalue weighted by molar-refractivity contribution is 8.00. The molecule has 20 heavy (non-hydrogen) atoms. The number of carbonyl (C=O) groups is 1. The van der Waals surface area contributed by atoms with Gasteiger partial charge in [-0.25, -0.2) is 0 Å². The fourth-order valence-corrected chi connectivity index (χ4v) is 3.48. The maximum atomic E-state index is 11.6. The number of hydrogen-bond acceptors (Lipinski definition) is 3. The Labute approximate surface area is 122 Å². The molecule has 2 heterocycles. The summed E-state index contributed by atoms with van der Waals surface area (Å²) in [5.41, 5.74) is 2.19. The molecule has 1 aromatic carbocycles. The summed E-state index contributed by atoms with van der Waals surface area (Å²) in [5, 5.41) is 0.120. The van der Waals surface area contributed by atoms with Gasteiger partial charge in [0.25, 0.3) is 0 Å². The minimum atomic E-state index is 0.120. The van der Waals surface area contributed by atoms with Gasteiger partial charge < -0.3 is 14.2 Å². The third kappa shape index (κ3) is 2.29. The van der Waals surface area contributed by atoms with Crippen LogP contribution >= 0.6 is 11.8 Å². The van der Waals surface area contributed by atoms with E-state index in [1.54, 1.807) is 23.8 Å². The van der Waals surface area contributed by atoms with Crippen LogP contribution in [0, 0.1) is 0 Å². The van der Waals surface area contributed by atoms with Crippen molar-refractivity contribution < 1.29 is 9.53 Å². The first-order valence-electron chi connectivity index (χ1n) is 6.38. The Hall–Kier alpha value is -1.88. The topological polar surface area (TPSA) is 34.5 Å². The fraction of sp³-hybridized carbons (Fsp3) is 0.267. The molecule has 0 saturated carbocycles. The summed E-state index contributed by atoms with van der Waals surface area (Å²) >= 11 is 1.67. The van der Waals surface area contributed by atoms with Gasteiger partial charge in [-0.05, 0) is 18.2 Å². The maximum absolute atomic E-state index is 11.6. The van der Waals surface area contributed by atoms with Gasteiger partial charge in [-0.3, -0.25) is 4.79 Å². The Morgan fingerprint density at radius 3 is 2.90 bits per heavy atom. The lowest BCUT2D eigenvalue weighted by Gasteiger charge is -2.17. The van der Waals surface area contributed by atoms with Crippen molar-refractivity contribution in [1.29, 1.82) is 0 Å². The molecule has 104 valence electrons. The lowest BCUT2D eigenvalue weighted by atomic mass is 10.3. The number of benzene rings is 1. The number of hydrogen-bond donors (Lipinski definition) is 0.